The minimum atomic E-state index is -0.205. The van der Waals surface area contributed by atoms with Crippen LogP contribution in [0.3, 0.4) is 0 Å². The van der Waals surface area contributed by atoms with Gasteiger partial charge in [0.2, 0.25) is 12.7 Å². The molecule has 2 amide bonds. The minimum absolute atomic E-state index is 0.0231. The minimum Gasteiger partial charge on any atom is -0.490 e. The lowest BCUT2D eigenvalue weighted by molar-refractivity contribution is -0.119. The number of aromatic amines is 1. The molecule has 1 fully saturated rings. The van der Waals surface area contributed by atoms with Crippen molar-refractivity contribution in [1.29, 1.82) is 0 Å². The van der Waals surface area contributed by atoms with Crippen molar-refractivity contribution >= 4 is 22.8 Å². The van der Waals surface area contributed by atoms with Crippen molar-refractivity contribution in [1.82, 2.24) is 25.6 Å². The molecule has 3 N–H and O–H groups in total. The normalized spacial score (nSPS) is 18.7. The summed E-state index contributed by atoms with van der Waals surface area (Å²) < 4.78 is 22.4. The fourth-order valence-electron chi connectivity index (χ4n) is 4.77. The zero-order valence-electron chi connectivity index (χ0n) is 20.3. The summed E-state index contributed by atoms with van der Waals surface area (Å²) in [6.07, 6.45) is 6.33. The molecule has 0 spiro atoms. The number of rotatable bonds is 8. The monoisotopic (exact) mass is 495 g/mol. The lowest BCUT2D eigenvalue weighted by Gasteiger charge is -2.29. The molecule has 1 aliphatic carbocycles. The fourth-order valence-corrected chi connectivity index (χ4v) is 4.77. The van der Waals surface area contributed by atoms with Gasteiger partial charge in [-0.1, -0.05) is 0 Å². The third-order valence-electron chi connectivity index (χ3n) is 6.46. The van der Waals surface area contributed by atoms with Crippen LogP contribution in [0.15, 0.2) is 24.7 Å². The Morgan fingerprint density at radius 3 is 2.61 bits per heavy atom. The Labute approximate surface area is 207 Å². The fraction of sp³-hybridized carbons (Fsp3) is 0.440. The molecule has 190 valence electrons. The zero-order chi connectivity index (χ0) is 25.1. The Balaban J connectivity index is 1.41. The van der Waals surface area contributed by atoms with E-state index in [-0.39, 0.29) is 30.7 Å². The summed E-state index contributed by atoms with van der Waals surface area (Å²) in [7, 11) is 1.61. The van der Waals surface area contributed by atoms with Crippen molar-refractivity contribution in [2.45, 2.75) is 44.7 Å². The molecule has 2 aromatic heterocycles. The maximum absolute atomic E-state index is 13.2. The highest BCUT2D eigenvalue weighted by Gasteiger charge is 2.28. The molecule has 5 rings (SSSR count). The maximum atomic E-state index is 13.2. The lowest BCUT2D eigenvalue weighted by Crippen LogP contribution is -2.43. The molecule has 3 heterocycles. The molecule has 2 aliphatic rings. The van der Waals surface area contributed by atoms with Crippen molar-refractivity contribution in [3.8, 4) is 28.5 Å². The van der Waals surface area contributed by atoms with Gasteiger partial charge >= 0.3 is 0 Å². The number of hydrogen-bond donors (Lipinski definition) is 3. The van der Waals surface area contributed by atoms with Gasteiger partial charge in [0, 0.05) is 32.3 Å². The van der Waals surface area contributed by atoms with Gasteiger partial charge in [0.25, 0.3) is 5.91 Å². The molecule has 1 saturated carbocycles. The van der Waals surface area contributed by atoms with E-state index in [9.17, 15) is 9.59 Å². The van der Waals surface area contributed by atoms with Gasteiger partial charge in [-0.15, -0.1) is 0 Å². The SMILES string of the molecule is COCCOc1ccc2c(c1-c1ncnc3c(C(=O)N[C@H]4CC[C@H](NC(C)=O)CC4)c[nH]c13)OCO2. The van der Waals surface area contributed by atoms with Crippen molar-refractivity contribution in [2.75, 3.05) is 27.1 Å². The highest BCUT2D eigenvalue weighted by molar-refractivity contribution is 6.08. The summed E-state index contributed by atoms with van der Waals surface area (Å²) in [5.74, 6) is 1.46. The number of hydrogen-bond acceptors (Lipinski definition) is 8. The van der Waals surface area contributed by atoms with E-state index in [2.05, 4.69) is 25.6 Å². The van der Waals surface area contributed by atoms with E-state index in [4.69, 9.17) is 18.9 Å². The number of aromatic nitrogens is 3. The van der Waals surface area contributed by atoms with E-state index >= 15 is 0 Å². The average molecular weight is 496 g/mol. The number of benzene rings is 1. The second kappa shape index (κ2) is 10.4. The Morgan fingerprint density at radius 2 is 1.86 bits per heavy atom. The molecule has 0 bridgehead atoms. The van der Waals surface area contributed by atoms with Crippen LogP contribution in [-0.2, 0) is 9.53 Å². The highest BCUT2D eigenvalue weighted by atomic mass is 16.7. The van der Waals surface area contributed by atoms with E-state index < -0.39 is 0 Å². The topological polar surface area (TPSA) is 137 Å². The number of carbonyl (C=O) groups excluding carboxylic acids is 2. The number of fused-ring (bicyclic) bond motifs is 2. The summed E-state index contributed by atoms with van der Waals surface area (Å²) in [5.41, 5.74) is 2.70. The number of nitrogens with zero attached hydrogens (tertiary/aromatic N) is 2. The van der Waals surface area contributed by atoms with Crippen LogP contribution in [-0.4, -0.2) is 66.0 Å². The third kappa shape index (κ3) is 4.78. The quantitative estimate of drug-likeness (QED) is 0.406. The first-order valence-corrected chi connectivity index (χ1v) is 12.0. The van der Waals surface area contributed by atoms with Gasteiger partial charge in [0.15, 0.2) is 11.5 Å². The number of carbonyl (C=O) groups is 2. The number of nitrogens with one attached hydrogen (secondary N) is 3. The summed E-state index contributed by atoms with van der Waals surface area (Å²) >= 11 is 0. The van der Waals surface area contributed by atoms with Crippen LogP contribution in [0.25, 0.3) is 22.3 Å². The molecule has 0 atom stereocenters. The average Bonchev–Trinajstić information content (AvgIpc) is 3.52. The summed E-state index contributed by atoms with van der Waals surface area (Å²) in [6.45, 7) is 2.39. The smallest absolute Gasteiger partial charge is 0.255 e. The molecule has 3 aromatic rings. The number of ether oxygens (including phenoxy) is 4. The van der Waals surface area contributed by atoms with E-state index in [0.717, 1.165) is 25.7 Å². The van der Waals surface area contributed by atoms with Gasteiger partial charge in [0.05, 0.1) is 23.3 Å². The van der Waals surface area contributed by atoms with Crippen LogP contribution in [0.4, 0.5) is 0 Å². The van der Waals surface area contributed by atoms with Gasteiger partial charge in [0.1, 0.15) is 29.9 Å². The number of amides is 2. The molecular formula is C25H29N5O6. The van der Waals surface area contributed by atoms with Gasteiger partial charge < -0.3 is 34.6 Å². The predicted molar refractivity (Wildman–Crippen MR) is 130 cm³/mol. The second-order valence-corrected chi connectivity index (χ2v) is 8.88. The summed E-state index contributed by atoms with van der Waals surface area (Å²) in [4.78, 5) is 36.6. The third-order valence-corrected chi connectivity index (χ3v) is 6.46. The molecule has 0 saturated heterocycles. The van der Waals surface area contributed by atoms with Crippen molar-refractivity contribution in [2.24, 2.45) is 0 Å². The summed E-state index contributed by atoms with van der Waals surface area (Å²) in [5, 5.41) is 6.08. The van der Waals surface area contributed by atoms with Crippen LogP contribution >= 0.6 is 0 Å². The predicted octanol–water partition coefficient (Wildman–Crippen LogP) is 2.56. The van der Waals surface area contributed by atoms with Gasteiger partial charge in [-0.05, 0) is 37.8 Å². The second-order valence-electron chi connectivity index (χ2n) is 8.88. The van der Waals surface area contributed by atoms with Crippen molar-refractivity contribution in [3.05, 3.63) is 30.2 Å². The molecule has 1 aromatic carbocycles. The number of methoxy groups -OCH3 is 1. The van der Waals surface area contributed by atoms with E-state index in [1.165, 1.54) is 13.3 Å². The first-order chi connectivity index (χ1) is 17.5. The Bertz CT molecular complexity index is 1270. The van der Waals surface area contributed by atoms with Gasteiger partial charge in [-0.3, -0.25) is 9.59 Å². The molecular weight excluding hydrogens is 466 g/mol. The Hall–Kier alpha value is -3.86. The van der Waals surface area contributed by atoms with Gasteiger partial charge in [-0.2, -0.15) is 0 Å². The molecule has 36 heavy (non-hydrogen) atoms. The van der Waals surface area contributed by atoms with Crippen LogP contribution in [0, 0.1) is 0 Å². The number of H-pyrrole nitrogens is 1. The lowest BCUT2D eigenvalue weighted by atomic mass is 9.91. The highest BCUT2D eigenvalue weighted by Crippen LogP contribution is 2.47. The zero-order valence-corrected chi connectivity index (χ0v) is 20.3. The van der Waals surface area contributed by atoms with E-state index in [0.29, 0.717) is 58.3 Å². The molecule has 0 radical (unpaired) electrons. The van der Waals surface area contributed by atoms with Crippen LogP contribution in [0.5, 0.6) is 17.2 Å². The van der Waals surface area contributed by atoms with Crippen LogP contribution in [0.2, 0.25) is 0 Å². The molecule has 11 heteroatoms. The molecule has 11 nitrogen and oxygen atoms in total. The van der Waals surface area contributed by atoms with Crippen LogP contribution < -0.4 is 24.8 Å². The van der Waals surface area contributed by atoms with Gasteiger partial charge in [-0.25, -0.2) is 9.97 Å². The Morgan fingerprint density at radius 1 is 1.08 bits per heavy atom. The summed E-state index contributed by atoms with van der Waals surface area (Å²) in [6, 6.07) is 3.80. The first-order valence-electron chi connectivity index (χ1n) is 12.0. The molecule has 0 unspecified atom stereocenters. The largest absolute Gasteiger partial charge is 0.490 e. The van der Waals surface area contributed by atoms with Crippen molar-refractivity contribution < 1.29 is 28.5 Å². The van der Waals surface area contributed by atoms with E-state index in [1.54, 1.807) is 25.4 Å². The first kappa shape index (κ1) is 23.9. The van der Waals surface area contributed by atoms with E-state index in [1.807, 2.05) is 0 Å². The Kier molecular flexibility index (Phi) is 6.90. The standard InChI is InChI=1S/C25H29N5O6/c1-14(31)29-15-3-5-16(6-4-15)30-25(32)17-11-26-23-21(17)27-12-28-22(23)20-18(34-10-9-33-2)7-8-19-24(20)36-13-35-19/h7-8,11-12,15-16,26H,3-6,9-10,13H2,1-2H3,(H,29,31)(H,30,32)/t15-,16-. The molecule has 1 aliphatic heterocycles. The van der Waals surface area contributed by atoms with Crippen LogP contribution in [0.1, 0.15) is 43.0 Å². The van der Waals surface area contributed by atoms with Crippen molar-refractivity contribution in [3.63, 3.8) is 0 Å². The maximum Gasteiger partial charge on any atom is 0.255 e.